The van der Waals surface area contributed by atoms with Crippen molar-refractivity contribution in [3.05, 3.63) is 67.0 Å². The van der Waals surface area contributed by atoms with E-state index in [0.29, 0.717) is 42.4 Å². The Kier molecular flexibility index (Phi) is 7.97. The van der Waals surface area contributed by atoms with Crippen LogP contribution < -0.4 is 9.21 Å². The van der Waals surface area contributed by atoms with Crippen LogP contribution in [-0.4, -0.2) is 43.3 Å². The minimum Gasteiger partial charge on any atom is -0.755 e. The number of hydrogen-bond donors (Lipinski definition) is 1. The van der Waals surface area contributed by atoms with Crippen molar-refractivity contribution in [2.24, 2.45) is 0 Å². The third kappa shape index (κ3) is 5.39. The van der Waals surface area contributed by atoms with Crippen molar-refractivity contribution in [3.63, 3.8) is 0 Å². The summed E-state index contributed by atoms with van der Waals surface area (Å²) < 4.78 is 31.1. The van der Waals surface area contributed by atoms with E-state index < -0.39 is 23.3 Å². The highest BCUT2D eigenvalue weighted by atomic mass is 32.2. The molecular weight excluding hydrogens is 482 g/mol. The zero-order chi connectivity index (χ0) is 25.7. The summed E-state index contributed by atoms with van der Waals surface area (Å²) >= 11 is -2.82. The number of anilines is 2. The van der Waals surface area contributed by atoms with Gasteiger partial charge in [-0.2, -0.15) is 0 Å². The van der Waals surface area contributed by atoms with E-state index in [2.05, 4.69) is 4.98 Å². The van der Waals surface area contributed by atoms with Crippen LogP contribution in [0.25, 0.3) is 21.9 Å². The van der Waals surface area contributed by atoms with Gasteiger partial charge in [0.2, 0.25) is 5.91 Å². The van der Waals surface area contributed by atoms with Crippen molar-refractivity contribution in [1.29, 1.82) is 0 Å². The maximum Gasteiger partial charge on any atom is 0.327 e. The van der Waals surface area contributed by atoms with Crippen LogP contribution in [0.4, 0.5) is 11.4 Å². The molecular formula is C26H26N3O6S-. The van der Waals surface area contributed by atoms with Crippen LogP contribution in [0, 0.1) is 0 Å². The fraction of sp³-hybridized carbons (Fsp3) is 0.269. The van der Waals surface area contributed by atoms with Crippen LogP contribution in [0.2, 0.25) is 0 Å². The Labute approximate surface area is 210 Å². The van der Waals surface area contributed by atoms with E-state index in [4.69, 9.17) is 4.42 Å². The summed E-state index contributed by atoms with van der Waals surface area (Å²) in [4.78, 5) is 30.2. The number of hydrogen-bond acceptors (Lipinski definition) is 6. The third-order valence-electron chi connectivity index (χ3n) is 6.03. The van der Waals surface area contributed by atoms with Crippen molar-refractivity contribution in [2.75, 3.05) is 15.7 Å². The Morgan fingerprint density at radius 2 is 1.75 bits per heavy atom. The molecule has 2 atom stereocenters. The minimum absolute atomic E-state index is 0.0566. The zero-order valence-corrected chi connectivity index (χ0v) is 20.5. The number of para-hydroxylation sites is 1. The number of aliphatic carboxylic acids is 1. The van der Waals surface area contributed by atoms with Crippen molar-refractivity contribution >= 4 is 56.5 Å². The number of carboxylic acids is 1. The van der Waals surface area contributed by atoms with Gasteiger partial charge >= 0.3 is 5.97 Å². The zero-order valence-electron chi connectivity index (χ0n) is 19.7. The van der Waals surface area contributed by atoms with Crippen molar-refractivity contribution in [1.82, 2.24) is 4.98 Å². The van der Waals surface area contributed by atoms with Gasteiger partial charge in [0.15, 0.2) is 0 Å². The van der Waals surface area contributed by atoms with Gasteiger partial charge in [-0.05, 0) is 55.7 Å². The second kappa shape index (κ2) is 11.3. The van der Waals surface area contributed by atoms with E-state index in [1.54, 1.807) is 54.5 Å². The molecule has 188 valence electrons. The first-order valence-corrected chi connectivity index (χ1v) is 12.7. The van der Waals surface area contributed by atoms with Crippen LogP contribution in [0.1, 0.15) is 32.6 Å². The minimum atomic E-state index is -2.82. The highest BCUT2D eigenvalue weighted by Gasteiger charge is 2.27. The molecule has 9 nitrogen and oxygen atoms in total. The number of carboxylic acid groups (broad SMARTS) is 1. The second-order valence-corrected chi connectivity index (χ2v) is 9.10. The van der Waals surface area contributed by atoms with E-state index in [1.165, 1.54) is 0 Å². The number of carbonyl (C=O) groups is 2. The van der Waals surface area contributed by atoms with Crippen LogP contribution in [0.5, 0.6) is 0 Å². The van der Waals surface area contributed by atoms with Gasteiger partial charge in [-0.3, -0.25) is 18.3 Å². The monoisotopic (exact) mass is 508 g/mol. The molecule has 0 spiro atoms. The van der Waals surface area contributed by atoms with Gasteiger partial charge in [0, 0.05) is 53.1 Å². The number of unbranched alkanes of at least 4 members (excludes halogenated alkanes) is 1. The molecule has 0 radical (unpaired) electrons. The van der Waals surface area contributed by atoms with Gasteiger partial charge in [-0.1, -0.05) is 25.1 Å². The Morgan fingerprint density at radius 3 is 2.44 bits per heavy atom. The molecule has 1 amide bonds. The second-order valence-electron chi connectivity index (χ2n) is 8.28. The maximum absolute atomic E-state index is 12.4. The Balaban J connectivity index is 1.52. The molecule has 0 aliphatic heterocycles. The number of benzene rings is 2. The number of furan rings is 1. The first-order valence-electron chi connectivity index (χ1n) is 11.6. The normalized spacial score (nSPS) is 12.9. The molecule has 10 heteroatoms. The lowest BCUT2D eigenvalue weighted by Gasteiger charge is -2.32. The number of pyridine rings is 1. The van der Waals surface area contributed by atoms with Gasteiger partial charge in [-0.25, -0.2) is 4.79 Å². The van der Waals surface area contributed by atoms with E-state index in [1.807, 2.05) is 24.3 Å². The SMILES string of the molecule is CCC(=O)N(CCCCC(C(=O)O)N(c1ccc2oc3ccccc3c2c1)S(=O)[O-])c1ccncc1. The maximum atomic E-state index is 12.4. The predicted molar refractivity (Wildman–Crippen MR) is 137 cm³/mol. The van der Waals surface area contributed by atoms with E-state index >= 15 is 0 Å². The number of aromatic nitrogens is 1. The van der Waals surface area contributed by atoms with Crippen LogP contribution >= 0.6 is 0 Å². The Hall–Kier alpha value is -3.76. The number of nitrogens with zero attached hydrogens (tertiary/aromatic N) is 3. The van der Waals surface area contributed by atoms with Crippen LogP contribution in [-0.2, 0) is 20.9 Å². The molecule has 2 aromatic heterocycles. The number of amides is 1. The molecule has 0 aliphatic carbocycles. The smallest absolute Gasteiger partial charge is 0.327 e. The van der Waals surface area contributed by atoms with Crippen LogP contribution in [0.3, 0.4) is 0 Å². The number of carbonyl (C=O) groups excluding carboxylic acids is 1. The first kappa shape index (κ1) is 25.3. The fourth-order valence-electron chi connectivity index (χ4n) is 4.28. The van der Waals surface area contributed by atoms with Gasteiger partial charge < -0.3 is 19.0 Å². The molecule has 0 bridgehead atoms. The molecule has 1 N–H and O–H groups in total. The summed E-state index contributed by atoms with van der Waals surface area (Å²) in [5, 5.41) is 11.4. The summed E-state index contributed by atoms with van der Waals surface area (Å²) in [6.07, 6.45) is 4.52. The van der Waals surface area contributed by atoms with Crippen molar-refractivity contribution in [2.45, 2.75) is 38.6 Å². The number of rotatable bonds is 11. The van der Waals surface area contributed by atoms with Gasteiger partial charge in [0.05, 0.1) is 5.69 Å². The van der Waals surface area contributed by atoms with Gasteiger partial charge in [0.25, 0.3) is 0 Å². The van der Waals surface area contributed by atoms with Crippen LogP contribution in [0.15, 0.2) is 71.4 Å². The van der Waals surface area contributed by atoms with E-state index in [9.17, 15) is 23.5 Å². The third-order valence-corrected chi connectivity index (χ3v) is 6.82. The first-order chi connectivity index (χ1) is 17.4. The van der Waals surface area contributed by atoms with Crippen molar-refractivity contribution in [3.8, 4) is 0 Å². The summed E-state index contributed by atoms with van der Waals surface area (Å²) in [5.74, 6) is -1.30. The fourth-order valence-corrected chi connectivity index (χ4v) is 4.97. The lowest BCUT2D eigenvalue weighted by Crippen LogP contribution is -2.42. The van der Waals surface area contributed by atoms with Crippen molar-refractivity contribution < 1.29 is 27.9 Å². The average Bonchev–Trinajstić information content (AvgIpc) is 3.25. The molecule has 0 fully saturated rings. The quantitative estimate of drug-likeness (QED) is 0.231. The molecule has 2 heterocycles. The predicted octanol–water partition coefficient (Wildman–Crippen LogP) is 4.65. The standard InChI is InChI=1S/C26H27N3O6S/c1-2-25(30)28(18-12-14-27-15-13-18)16-6-5-8-22(26(31)32)29(36(33)34)19-10-11-24-21(17-19)20-7-3-4-9-23(20)35-24/h3-4,7,9-15,17,22H,2,5-6,8,16H2,1H3,(H,31,32)(H,33,34)/p-1. The Bertz CT molecular complexity index is 1390. The molecule has 0 saturated carbocycles. The Morgan fingerprint density at radius 1 is 1.03 bits per heavy atom. The largest absolute Gasteiger partial charge is 0.755 e. The summed E-state index contributed by atoms with van der Waals surface area (Å²) in [5.41, 5.74) is 2.21. The molecule has 0 aliphatic rings. The van der Waals surface area contributed by atoms with Gasteiger partial charge in [0.1, 0.15) is 17.2 Å². The summed E-state index contributed by atoms with van der Waals surface area (Å²) in [6, 6.07) is 14.4. The lowest BCUT2D eigenvalue weighted by atomic mass is 10.1. The summed E-state index contributed by atoms with van der Waals surface area (Å²) in [6.45, 7) is 2.16. The van der Waals surface area contributed by atoms with Gasteiger partial charge in [-0.15, -0.1) is 0 Å². The molecule has 36 heavy (non-hydrogen) atoms. The van der Waals surface area contributed by atoms with E-state index in [0.717, 1.165) is 15.4 Å². The molecule has 2 unspecified atom stereocenters. The number of fused-ring (bicyclic) bond motifs is 3. The molecule has 0 saturated heterocycles. The topological polar surface area (TPSA) is 127 Å². The highest BCUT2D eigenvalue weighted by Crippen LogP contribution is 2.33. The molecule has 4 rings (SSSR count). The highest BCUT2D eigenvalue weighted by molar-refractivity contribution is 7.80. The molecule has 2 aromatic carbocycles. The molecule has 4 aromatic rings. The lowest BCUT2D eigenvalue weighted by molar-refractivity contribution is -0.138. The average molecular weight is 509 g/mol. The summed E-state index contributed by atoms with van der Waals surface area (Å²) in [7, 11) is 0. The van der Waals surface area contributed by atoms with E-state index in [-0.39, 0.29) is 18.0 Å².